The lowest BCUT2D eigenvalue weighted by atomic mass is 10.1. The monoisotopic (exact) mass is 318 g/mol. The van der Waals surface area contributed by atoms with E-state index in [2.05, 4.69) is 34.9 Å². The number of nitrogens with zero attached hydrogens (tertiary/aromatic N) is 2. The largest absolute Gasteiger partial charge is 0.496 e. The normalized spacial score (nSPS) is 23.8. The van der Waals surface area contributed by atoms with Crippen LogP contribution in [0.3, 0.4) is 0 Å². The minimum atomic E-state index is 0.333. The maximum absolute atomic E-state index is 5.75. The molecule has 4 nitrogen and oxygen atoms in total. The summed E-state index contributed by atoms with van der Waals surface area (Å²) in [5.74, 6) is 1.02. The van der Waals surface area contributed by atoms with Crippen molar-refractivity contribution in [3.8, 4) is 5.75 Å². The Labute approximate surface area is 140 Å². The highest BCUT2D eigenvalue weighted by Crippen LogP contribution is 2.24. The second kappa shape index (κ2) is 8.13. The van der Waals surface area contributed by atoms with Crippen molar-refractivity contribution in [2.45, 2.75) is 45.4 Å². The van der Waals surface area contributed by atoms with Crippen LogP contribution in [0.4, 0.5) is 0 Å². The molecule has 1 aromatic rings. The second-order valence-electron chi connectivity index (χ2n) is 6.90. The van der Waals surface area contributed by atoms with Gasteiger partial charge in [-0.25, -0.2) is 0 Å². The molecule has 0 aromatic heterocycles. The van der Waals surface area contributed by atoms with Crippen molar-refractivity contribution < 1.29 is 9.47 Å². The van der Waals surface area contributed by atoms with Gasteiger partial charge in [0.1, 0.15) is 5.75 Å². The zero-order valence-electron chi connectivity index (χ0n) is 14.6. The summed E-state index contributed by atoms with van der Waals surface area (Å²) in [5, 5.41) is 0. The van der Waals surface area contributed by atoms with Gasteiger partial charge in [0.25, 0.3) is 0 Å². The van der Waals surface area contributed by atoms with E-state index in [-0.39, 0.29) is 0 Å². The van der Waals surface area contributed by atoms with Crippen molar-refractivity contribution in [1.82, 2.24) is 9.80 Å². The molecule has 0 radical (unpaired) electrons. The van der Waals surface area contributed by atoms with E-state index in [4.69, 9.17) is 9.47 Å². The van der Waals surface area contributed by atoms with Gasteiger partial charge in [0.05, 0.1) is 13.2 Å². The van der Waals surface area contributed by atoms with E-state index < -0.39 is 0 Å². The Balaban J connectivity index is 1.68. The molecule has 1 atom stereocenters. The number of benzene rings is 1. The van der Waals surface area contributed by atoms with E-state index in [1.807, 2.05) is 0 Å². The van der Waals surface area contributed by atoms with E-state index in [0.717, 1.165) is 45.0 Å². The number of hydrogen-bond donors (Lipinski definition) is 0. The lowest BCUT2D eigenvalue weighted by Gasteiger charge is -2.23. The lowest BCUT2D eigenvalue weighted by Crippen LogP contribution is -2.29. The molecule has 0 spiro atoms. The number of rotatable bonds is 5. The minimum Gasteiger partial charge on any atom is -0.496 e. The van der Waals surface area contributed by atoms with Gasteiger partial charge >= 0.3 is 0 Å². The maximum atomic E-state index is 5.75. The Morgan fingerprint density at radius 1 is 1.09 bits per heavy atom. The van der Waals surface area contributed by atoms with Crippen LogP contribution in [0.2, 0.25) is 0 Å². The fourth-order valence-electron chi connectivity index (χ4n) is 3.72. The number of hydrogen-bond acceptors (Lipinski definition) is 4. The van der Waals surface area contributed by atoms with Crippen LogP contribution >= 0.6 is 0 Å². The van der Waals surface area contributed by atoms with Gasteiger partial charge < -0.3 is 9.47 Å². The maximum Gasteiger partial charge on any atom is 0.123 e. The molecule has 0 N–H and O–H groups in total. The third-order valence-corrected chi connectivity index (χ3v) is 4.88. The van der Waals surface area contributed by atoms with Crippen molar-refractivity contribution in [2.24, 2.45) is 0 Å². The van der Waals surface area contributed by atoms with Gasteiger partial charge in [0.15, 0.2) is 0 Å². The smallest absolute Gasteiger partial charge is 0.123 e. The van der Waals surface area contributed by atoms with Crippen LogP contribution in [0.15, 0.2) is 18.2 Å². The highest BCUT2D eigenvalue weighted by molar-refractivity contribution is 5.37. The molecule has 4 heteroatoms. The zero-order valence-corrected chi connectivity index (χ0v) is 14.6. The molecular weight excluding hydrogens is 288 g/mol. The fraction of sp³-hybridized carbons (Fsp3) is 0.684. The Bertz CT molecular complexity index is 500. The summed E-state index contributed by atoms with van der Waals surface area (Å²) < 4.78 is 11.3. The van der Waals surface area contributed by atoms with E-state index in [1.165, 1.54) is 37.1 Å². The predicted octanol–water partition coefficient (Wildman–Crippen LogP) is 2.90. The third-order valence-electron chi connectivity index (χ3n) is 4.88. The molecule has 23 heavy (non-hydrogen) atoms. The summed E-state index contributed by atoms with van der Waals surface area (Å²) in [7, 11) is 1.77. The van der Waals surface area contributed by atoms with Crippen LogP contribution in [0.5, 0.6) is 5.75 Å². The number of likely N-dealkylation sites (tertiary alicyclic amines) is 1. The van der Waals surface area contributed by atoms with E-state index in [1.54, 1.807) is 7.11 Å². The molecule has 2 heterocycles. The molecule has 0 aliphatic carbocycles. The van der Waals surface area contributed by atoms with Gasteiger partial charge in [-0.05, 0) is 57.0 Å². The Hall–Kier alpha value is -1.10. The predicted molar refractivity (Wildman–Crippen MR) is 92.8 cm³/mol. The van der Waals surface area contributed by atoms with Crippen LogP contribution in [-0.2, 0) is 17.8 Å². The first kappa shape index (κ1) is 16.7. The summed E-state index contributed by atoms with van der Waals surface area (Å²) in [5.41, 5.74) is 2.71. The molecule has 1 aromatic carbocycles. The van der Waals surface area contributed by atoms with Crippen LogP contribution in [0, 0.1) is 0 Å². The van der Waals surface area contributed by atoms with E-state index in [0.29, 0.717) is 6.10 Å². The third kappa shape index (κ3) is 4.69. The molecule has 2 fully saturated rings. The molecule has 0 saturated carbocycles. The lowest BCUT2D eigenvalue weighted by molar-refractivity contribution is 0.0668. The van der Waals surface area contributed by atoms with Crippen LogP contribution < -0.4 is 4.74 Å². The highest BCUT2D eigenvalue weighted by Gasteiger charge is 2.17. The molecule has 2 aliphatic rings. The standard InChI is InChI=1S/C19H30N2O2/c1-16-13-21(10-5-11-23-16)14-17-6-7-19(22-2)18(12-17)15-20-8-3-4-9-20/h6-7,12,16H,3-5,8-11,13-15H2,1-2H3. The number of ether oxygens (including phenoxy) is 2. The first-order valence-corrected chi connectivity index (χ1v) is 8.96. The number of methoxy groups -OCH3 is 1. The SMILES string of the molecule is COc1ccc(CN2CCCOC(C)C2)cc1CN1CCCC1. The molecule has 0 amide bonds. The minimum absolute atomic E-state index is 0.333. The van der Waals surface area contributed by atoms with Gasteiger partial charge in [-0.3, -0.25) is 9.80 Å². The summed E-state index contributed by atoms with van der Waals surface area (Å²) >= 11 is 0. The average molecular weight is 318 g/mol. The summed E-state index contributed by atoms with van der Waals surface area (Å²) in [6, 6.07) is 6.69. The van der Waals surface area contributed by atoms with Gasteiger partial charge in [-0.15, -0.1) is 0 Å². The molecule has 128 valence electrons. The van der Waals surface area contributed by atoms with Crippen molar-refractivity contribution in [1.29, 1.82) is 0 Å². The molecule has 1 unspecified atom stereocenters. The van der Waals surface area contributed by atoms with Crippen molar-refractivity contribution >= 4 is 0 Å². The Morgan fingerprint density at radius 3 is 2.65 bits per heavy atom. The molecule has 0 bridgehead atoms. The van der Waals surface area contributed by atoms with Crippen molar-refractivity contribution in [3.05, 3.63) is 29.3 Å². The van der Waals surface area contributed by atoms with Crippen LogP contribution in [0.1, 0.15) is 37.3 Å². The molecule has 2 aliphatic heterocycles. The Kier molecular flexibility index (Phi) is 5.92. The van der Waals surface area contributed by atoms with Gasteiger partial charge in [-0.2, -0.15) is 0 Å². The fourth-order valence-corrected chi connectivity index (χ4v) is 3.72. The first-order valence-electron chi connectivity index (χ1n) is 8.96. The van der Waals surface area contributed by atoms with Crippen LogP contribution in [-0.4, -0.2) is 55.8 Å². The summed E-state index contributed by atoms with van der Waals surface area (Å²) in [4.78, 5) is 5.04. The first-order chi connectivity index (χ1) is 11.2. The molecule has 2 saturated heterocycles. The van der Waals surface area contributed by atoms with Gasteiger partial charge in [-0.1, -0.05) is 6.07 Å². The summed E-state index contributed by atoms with van der Waals surface area (Å²) in [6.45, 7) is 9.65. The van der Waals surface area contributed by atoms with Crippen molar-refractivity contribution in [2.75, 3.05) is 39.9 Å². The highest BCUT2D eigenvalue weighted by atomic mass is 16.5. The average Bonchev–Trinajstić information content (AvgIpc) is 2.96. The second-order valence-corrected chi connectivity index (χ2v) is 6.90. The topological polar surface area (TPSA) is 24.9 Å². The van der Waals surface area contributed by atoms with Gasteiger partial charge in [0.2, 0.25) is 0 Å². The van der Waals surface area contributed by atoms with E-state index >= 15 is 0 Å². The van der Waals surface area contributed by atoms with Gasteiger partial charge in [0, 0.05) is 38.3 Å². The quantitative estimate of drug-likeness (QED) is 0.833. The zero-order chi connectivity index (χ0) is 16.1. The van der Waals surface area contributed by atoms with Crippen LogP contribution in [0.25, 0.3) is 0 Å². The summed E-state index contributed by atoms with van der Waals surface area (Å²) in [6.07, 6.45) is 4.11. The van der Waals surface area contributed by atoms with Crippen molar-refractivity contribution in [3.63, 3.8) is 0 Å². The van der Waals surface area contributed by atoms with E-state index in [9.17, 15) is 0 Å². The molecular formula is C19H30N2O2. The molecule has 3 rings (SSSR count). The Morgan fingerprint density at radius 2 is 1.87 bits per heavy atom.